The zero-order valence-corrected chi connectivity index (χ0v) is 18.9. The number of aryl methyl sites for hydroxylation is 1. The number of nitrogens with one attached hydrogen (secondary N) is 2. The molecule has 0 amide bonds. The molecule has 31 heavy (non-hydrogen) atoms. The minimum atomic E-state index is -3.42. The van der Waals surface area contributed by atoms with Crippen LogP contribution in [0.1, 0.15) is 50.6 Å². The van der Waals surface area contributed by atoms with Crippen LogP contribution >= 0.6 is 0 Å². The quantitative estimate of drug-likeness (QED) is 0.617. The van der Waals surface area contributed by atoms with Gasteiger partial charge in [-0.3, -0.25) is 9.36 Å². The van der Waals surface area contributed by atoms with E-state index in [0.717, 1.165) is 18.2 Å². The summed E-state index contributed by atoms with van der Waals surface area (Å²) in [6, 6.07) is 1.48. The second kappa shape index (κ2) is 8.12. The maximum absolute atomic E-state index is 13.0. The third kappa shape index (κ3) is 4.19. The first kappa shape index (κ1) is 22.1. The lowest BCUT2D eigenvalue weighted by Crippen LogP contribution is -2.46. The largest absolute Gasteiger partial charge is 0.388 e. The Labute approximate surface area is 181 Å². The third-order valence-corrected chi connectivity index (χ3v) is 8.09. The molecule has 2 aromatic heterocycles. The zero-order valence-electron chi connectivity index (χ0n) is 18.1. The van der Waals surface area contributed by atoms with Gasteiger partial charge in [-0.25, -0.2) is 9.71 Å². The molecule has 0 radical (unpaired) electrons. The number of aliphatic hydroxyl groups is 1. The Kier molecular flexibility index (Phi) is 5.80. The number of aromatic nitrogens is 3. The van der Waals surface area contributed by atoms with E-state index >= 15 is 0 Å². The van der Waals surface area contributed by atoms with Crippen LogP contribution in [0.5, 0.6) is 0 Å². The van der Waals surface area contributed by atoms with E-state index in [1.54, 1.807) is 30.7 Å². The van der Waals surface area contributed by atoms with Gasteiger partial charge in [0.1, 0.15) is 5.65 Å². The minimum Gasteiger partial charge on any atom is -0.388 e. The van der Waals surface area contributed by atoms with Gasteiger partial charge >= 0.3 is 0 Å². The monoisotopic (exact) mass is 450 g/mol. The van der Waals surface area contributed by atoms with Gasteiger partial charge in [0, 0.05) is 43.3 Å². The molecule has 0 aromatic carbocycles. The van der Waals surface area contributed by atoms with Crippen LogP contribution in [0.15, 0.2) is 17.1 Å². The fourth-order valence-corrected chi connectivity index (χ4v) is 5.66. The highest BCUT2D eigenvalue weighted by Gasteiger charge is 2.39. The zero-order chi connectivity index (χ0) is 22.4. The van der Waals surface area contributed by atoms with Crippen LogP contribution in [-0.4, -0.2) is 64.1 Å². The van der Waals surface area contributed by atoms with E-state index in [9.17, 15) is 18.3 Å². The average Bonchev–Trinajstić information content (AvgIpc) is 3.08. The van der Waals surface area contributed by atoms with Crippen molar-refractivity contribution in [3.63, 3.8) is 0 Å². The third-order valence-electron chi connectivity index (χ3n) is 6.53. The lowest BCUT2D eigenvalue weighted by molar-refractivity contribution is 0.0266. The summed E-state index contributed by atoms with van der Waals surface area (Å²) in [4.78, 5) is 22.1. The van der Waals surface area contributed by atoms with Gasteiger partial charge in [0.05, 0.1) is 11.6 Å². The van der Waals surface area contributed by atoms with Crippen molar-refractivity contribution < 1.29 is 13.5 Å². The minimum absolute atomic E-state index is 0.0287. The van der Waals surface area contributed by atoms with Gasteiger partial charge in [-0.1, -0.05) is 0 Å². The highest BCUT2D eigenvalue weighted by atomic mass is 32.2. The van der Waals surface area contributed by atoms with Crippen molar-refractivity contribution in [1.82, 2.24) is 23.6 Å². The number of piperidine rings is 1. The van der Waals surface area contributed by atoms with E-state index in [0.29, 0.717) is 49.5 Å². The first-order valence-electron chi connectivity index (χ1n) is 10.7. The van der Waals surface area contributed by atoms with Crippen molar-refractivity contribution in [3.05, 3.63) is 28.2 Å². The van der Waals surface area contributed by atoms with Crippen molar-refractivity contribution in [2.75, 3.05) is 25.5 Å². The maximum Gasteiger partial charge on any atom is 0.279 e. The van der Waals surface area contributed by atoms with E-state index in [2.05, 4.69) is 20.0 Å². The SMILES string of the molecule is CNS(=O)(=O)N1CCC(Nc2ncc3cc(C)c(=O)n([C@@H]4CCC[C@@]4(C)O)c3n2)CC1. The van der Waals surface area contributed by atoms with Gasteiger partial charge in [-0.2, -0.15) is 17.7 Å². The van der Waals surface area contributed by atoms with Crippen LogP contribution in [0.25, 0.3) is 11.0 Å². The van der Waals surface area contributed by atoms with Crippen LogP contribution < -0.4 is 15.6 Å². The van der Waals surface area contributed by atoms with Gasteiger partial charge in [0.25, 0.3) is 15.8 Å². The van der Waals surface area contributed by atoms with Crippen molar-refractivity contribution in [3.8, 4) is 0 Å². The highest BCUT2D eigenvalue weighted by molar-refractivity contribution is 7.87. The van der Waals surface area contributed by atoms with Crippen LogP contribution in [0.3, 0.4) is 0 Å². The fraction of sp³-hybridized carbons (Fsp3) is 0.650. The van der Waals surface area contributed by atoms with Crippen LogP contribution in [0, 0.1) is 6.92 Å². The molecule has 2 atom stereocenters. The number of rotatable bonds is 5. The van der Waals surface area contributed by atoms with Crippen LogP contribution in [0.4, 0.5) is 5.95 Å². The Morgan fingerprint density at radius 1 is 1.26 bits per heavy atom. The number of hydrogen-bond donors (Lipinski definition) is 3. The van der Waals surface area contributed by atoms with Crippen LogP contribution in [0.2, 0.25) is 0 Å². The van der Waals surface area contributed by atoms with Crippen molar-refractivity contribution in [2.24, 2.45) is 0 Å². The summed E-state index contributed by atoms with van der Waals surface area (Å²) in [6.45, 7) is 4.35. The first-order valence-corrected chi connectivity index (χ1v) is 12.1. The Morgan fingerprint density at radius 2 is 1.97 bits per heavy atom. The molecule has 1 aliphatic carbocycles. The molecular weight excluding hydrogens is 420 g/mol. The van der Waals surface area contributed by atoms with E-state index < -0.39 is 15.8 Å². The van der Waals surface area contributed by atoms with E-state index in [1.165, 1.54) is 11.4 Å². The molecule has 1 saturated carbocycles. The normalized spacial score (nSPS) is 25.9. The standard InChI is InChI=1S/C20H30N6O4S/c1-13-11-14-12-22-19(23-15-6-9-25(10-7-15)31(29,30)21-3)24-17(14)26(18(13)27)16-5-4-8-20(16,2)28/h11-12,15-16,21,28H,4-10H2,1-3H3,(H,22,23,24)/t16-,20-/m1/s1. The summed E-state index contributed by atoms with van der Waals surface area (Å²) in [6.07, 6.45) is 5.16. The first-order chi connectivity index (χ1) is 14.6. The second-order valence-electron chi connectivity index (χ2n) is 8.77. The molecule has 1 saturated heterocycles. The molecule has 4 rings (SSSR count). The molecule has 2 aliphatic rings. The Morgan fingerprint density at radius 3 is 2.58 bits per heavy atom. The summed E-state index contributed by atoms with van der Waals surface area (Å²) in [5, 5.41) is 14.9. The second-order valence-corrected chi connectivity index (χ2v) is 10.6. The predicted molar refractivity (Wildman–Crippen MR) is 118 cm³/mol. The molecule has 0 bridgehead atoms. The van der Waals surface area contributed by atoms with Gasteiger partial charge in [0.15, 0.2) is 0 Å². The number of fused-ring (bicyclic) bond motifs is 1. The molecule has 2 fully saturated rings. The molecule has 2 aromatic rings. The smallest absolute Gasteiger partial charge is 0.279 e. The van der Waals surface area contributed by atoms with Gasteiger partial charge in [-0.05, 0) is 52.0 Å². The number of hydrogen-bond acceptors (Lipinski definition) is 7. The molecule has 10 nitrogen and oxygen atoms in total. The van der Waals surface area contributed by atoms with Gasteiger partial charge < -0.3 is 10.4 Å². The van der Waals surface area contributed by atoms with Gasteiger partial charge in [-0.15, -0.1) is 0 Å². The highest BCUT2D eigenvalue weighted by Crippen LogP contribution is 2.39. The molecule has 1 aliphatic heterocycles. The predicted octanol–water partition coefficient (Wildman–Crippen LogP) is 0.916. The maximum atomic E-state index is 13.0. The molecule has 11 heteroatoms. The summed E-state index contributed by atoms with van der Waals surface area (Å²) in [7, 11) is -2.01. The number of pyridine rings is 1. The molecule has 0 unspecified atom stereocenters. The molecule has 3 N–H and O–H groups in total. The van der Waals surface area contributed by atoms with Crippen molar-refractivity contribution >= 4 is 27.2 Å². The van der Waals surface area contributed by atoms with E-state index in [1.807, 2.05) is 0 Å². The van der Waals surface area contributed by atoms with Crippen molar-refractivity contribution in [1.29, 1.82) is 0 Å². The fourth-order valence-electron chi connectivity index (χ4n) is 4.71. The average molecular weight is 451 g/mol. The summed E-state index contributed by atoms with van der Waals surface area (Å²) in [5.74, 6) is 0.400. The topological polar surface area (TPSA) is 129 Å². The van der Waals surface area contributed by atoms with E-state index in [-0.39, 0.29) is 17.6 Å². The van der Waals surface area contributed by atoms with Crippen molar-refractivity contribution in [2.45, 2.75) is 63.6 Å². The molecule has 0 spiro atoms. The van der Waals surface area contributed by atoms with E-state index in [4.69, 9.17) is 0 Å². The number of nitrogens with zero attached hydrogens (tertiary/aromatic N) is 4. The summed E-state index contributed by atoms with van der Waals surface area (Å²) >= 11 is 0. The Bertz CT molecular complexity index is 1140. The summed E-state index contributed by atoms with van der Waals surface area (Å²) < 4.78 is 29.3. The lowest BCUT2D eigenvalue weighted by atomic mass is 9.99. The molecule has 3 heterocycles. The number of anilines is 1. The molecular formula is C20H30N6O4S. The van der Waals surface area contributed by atoms with Gasteiger partial charge in [0.2, 0.25) is 5.95 Å². The summed E-state index contributed by atoms with van der Waals surface area (Å²) in [5.41, 5.74) is -0.00245. The Balaban J connectivity index is 1.62. The lowest BCUT2D eigenvalue weighted by Gasteiger charge is -2.31. The molecule has 170 valence electrons. The Hall–Kier alpha value is -2.08. The van der Waals surface area contributed by atoms with Crippen LogP contribution in [-0.2, 0) is 10.2 Å².